The summed E-state index contributed by atoms with van der Waals surface area (Å²) in [6.45, 7) is 0. The van der Waals surface area contributed by atoms with E-state index in [1.807, 2.05) is 0 Å². The first-order valence-electron chi connectivity index (χ1n) is 8.02. The maximum Gasteiger partial charge on any atom is 0.230 e. The van der Waals surface area contributed by atoms with Gasteiger partial charge in [0.2, 0.25) is 5.91 Å². The van der Waals surface area contributed by atoms with Crippen molar-refractivity contribution in [3.05, 3.63) is 71.0 Å². The summed E-state index contributed by atoms with van der Waals surface area (Å²) >= 11 is 6.08. The van der Waals surface area contributed by atoms with E-state index in [1.54, 1.807) is 55.6 Å². The van der Waals surface area contributed by atoms with E-state index in [4.69, 9.17) is 16.3 Å². The molecule has 3 rings (SSSR count). The third-order valence-electron chi connectivity index (χ3n) is 3.67. The summed E-state index contributed by atoms with van der Waals surface area (Å²) in [5.41, 5.74) is 1.03. The Balaban J connectivity index is 1.61. The lowest BCUT2D eigenvalue weighted by Gasteiger charge is -2.09. The summed E-state index contributed by atoms with van der Waals surface area (Å²) in [6, 6.07) is 14.6. The molecule has 6 nitrogen and oxygen atoms in total. The van der Waals surface area contributed by atoms with Gasteiger partial charge in [-0.2, -0.15) is 0 Å². The summed E-state index contributed by atoms with van der Waals surface area (Å²) in [6.07, 6.45) is -0.0846. The number of carbonyl (C=O) groups is 1. The molecule has 2 N–H and O–H groups in total. The van der Waals surface area contributed by atoms with Gasteiger partial charge in [-0.25, -0.2) is 4.39 Å². The van der Waals surface area contributed by atoms with Gasteiger partial charge in [0, 0.05) is 5.69 Å². The van der Waals surface area contributed by atoms with Crippen molar-refractivity contribution in [1.29, 1.82) is 0 Å². The minimum Gasteiger partial charge on any atom is -0.495 e. The molecule has 0 radical (unpaired) electrons. The Bertz CT molecular complexity index is 951. The van der Waals surface area contributed by atoms with Crippen molar-refractivity contribution in [2.75, 3.05) is 17.7 Å². The zero-order valence-corrected chi connectivity index (χ0v) is 15.1. The molecule has 0 saturated heterocycles. The largest absolute Gasteiger partial charge is 0.495 e. The first kappa shape index (κ1) is 18.6. The van der Waals surface area contributed by atoms with Gasteiger partial charge >= 0.3 is 0 Å². The highest BCUT2D eigenvalue weighted by atomic mass is 35.5. The standard InChI is InChI=1S/C19H16ClFN4O2/c1-27-16-7-6-13(11-14(16)20)22-17-8-9-18(25-24-17)23-19(26)10-12-4-2-3-5-15(12)21/h2-9,11H,10H2,1H3,(H,22,24)(H,23,25,26). The molecule has 0 spiro atoms. The van der Waals surface area contributed by atoms with E-state index in [9.17, 15) is 9.18 Å². The Morgan fingerprint density at radius 1 is 1.11 bits per heavy atom. The van der Waals surface area contributed by atoms with E-state index in [0.29, 0.717) is 27.8 Å². The third-order valence-corrected chi connectivity index (χ3v) is 3.96. The van der Waals surface area contributed by atoms with Gasteiger partial charge in [0.05, 0.1) is 18.6 Å². The van der Waals surface area contributed by atoms with Gasteiger partial charge in [-0.15, -0.1) is 10.2 Å². The van der Waals surface area contributed by atoms with Crippen LogP contribution in [-0.2, 0) is 11.2 Å². The van der Waals surface area contributed by atoms with Crippen LogP contribution in [0.4, 0.5) is 21.7 Å². The zero-order valence-electron chi connectivity index (χ0n) is 14.4. The van der Waals surface area contributed by atoms with E-state index < -0.39 is 5.82 Å². The quantitative estimate of drug-likeness (QED) is 0.664. The number of hydrogen-bond acceptors (Lipinski definition) is 5. The van der Waals surface area contributed by atoms with E-state index in [2.05, 4.69) is 20.8 Å². The molecule has 0 saturated carbocycles. The molecule has 8 heteroatoms. The first-order valence-corrected chi connectivity index (χ1v) is 8.40. The molecule has 2 aromatic carbocycles. The maximum absolute atomic E-state index is 13.6. The number of amides is 1. The fourth-order valence-corrected chi connectivity index (χ4v) is 2.62. The third kappa shape index (κ3) is 4.92. The van der Waals surface area contributed by atoms with Gasteiger partial charge in [-0.05, 0) is 42.0 Å². The molecule has 0 atom stereocenters. The summed E-state index contributed by atoms with van der Waals surface area (Å²) in [4.78, 5) is 12.0. The predicted molar refractivity (Wildman–Crippen MR) is 102 cm³/mol. The summed E-state index contributed by atoms with van der Waals surface area (Å²) < 4.78 is 18.7. The van der Waals surface area contributed by atoms with Crippen molar-refractivity contribution in [2.45, 2.75) is 6.42 Å². The molecular formula is C19H16ClFN4O2. The van der Waals surface area contributed by atoms with E-state index in [-0.39, 0.29) is 18.1 Å². The molecule has 0 unspecified atom stereocenters. The number of methoxy groups -OCH3 is 1. The molecule has 1 heterocycles. The second-order valence-corrected chi connectivity index (χ2v) is 6.00. The van der Waals surface area contributed by atoms with Crippen LogP contribution < -0.4 is 15.4 Å². The van der Waals surface area contributed by atoms with E-state index in [0.717, 1.165) is 0 Å². The van der Waals surface area contributed by atoms with Crippen molar-refractivity contribution in [3.63, 3.8) is 0 Å². The van der Waals surface area contributed by atoms with Gasteiger partial charge in [0.1, 0.15) is 11.6 Å². The van der Waals surface area contributed by atoms with Crippen LogP contribution in [0.5, 0.6) is 5.75 Å². The molecule has 1 amide bonds. The smallest absolute Gasteiger partial charge is 0.230 e. The van der Waals surface area contributed by atoms with Crippen LogP contribution >= 0.6 is 11.6 Å². The van der Waals surface area contributed by atoms with Crippen LogP contribution in [0, 0.1) is 5.82 Å². The number of rotatable bonds is 6. The number of hydrogen-bond donors (Lipinski definition) is 2. The lowest BCUT2D eigenvalue weighted by Crippen LogP contribution is -2.16. The SMILES string of the molecule is COc1ccc(Nc2ccc(NC(=O)Cc3ccccc3F)nn2)cc1Cl. The molecule has 0 aliphatic heterocycles. The number of ether oxygens (including phenoxy) is 1. The zero-order chi connectivity index (χ0) is 19.2. The molecule has 0 aliphatic carbocycles. The van der Waals surface area contributed by atoms with Gasteiger partial charge in [0.25, 0.3) is 0 Å². The average molecular weight is 387 g/mol. The predicted octanol–water partition coefficient (Wildman–Crippen LogP) is 4.20. The van der Waals surface area contributed by atoms with E-state index in [1.165, 1.54) is 6.07 Å². The van der Waals surface area contributed by atoms with E-state index >= 15 is 0 Å². The Kier molecular flexibility index (Phi) is 5.83. The van der Waals surface area contributed by atoms with Crippen LogP contribution in [0.15, 0.2) is 54.6 Å². The maximum atomic E-state index is 13.6. The molecule has 1 aromatic heterocycles. The fourth-order valence-electron chi connectivity index (χ4n) is 2.36. The summed E-state index contributed by atoms with van der Waals surface area (Å²) in [5.74, 6) is 0.521. The minimum atomic E-state index is -0.420. The topological polar surface area (TPSA) is 76.1 Å². The number of benzene rings is 2. The van der Waals surface area contributed by atoms with Crippen molar-refractivity contribution in [1.82, 2.24) is 10.2 Å². The molecular weight excluding hydrogens is 371 g/mol. The molecule has 0 bridgehead atoms. The molecule has 0 aliphatic rings. The minimum absolute atomic E-state index is 0.0846. The van der Waals surface area contributed by atoms with Crippen LogP contribution in [0.2, 0.25) is 5.02 Å². The average Bonchev–Trinajstić information content (AvgIpc) is 2.65. The van der Waals surface area contributed by atoms with Crippen LogP contribution in [0.3, 0.4) is 0 Å². The second-order valence-electron chi connectivity index (χ2n) is 5.59. The number of halogens is 2. The normalized spacial score (nSPS) is 10.3. The summed E-state index contributed by atoms with van der Waals surface area (Å²) in [7, 11) is 1.54. The molecule has 27 heavy (non-hydrogen) atoms. The number of aromatic nitrogens is 2. The Morgan fingerprint density at radius 2 is 1.85 bits per heavy atom. The highest BCUT2D eigenvalue weighted by Gasteiger charge is 2.09. The van der Waals surface area contributed by atoms with Crippen LogP contribution in [0.25, 0.3) is 0 Å². The van der Waals surface area contributed by atoms with Gasteiger partial charge < -0.3 is 15.4 Å². The molecule has 138 valence electrons. The Hall–Kier alpha value is -3.19. The van der Waals surface area contributed by atoms with Gasteiger partial charge in [-0.3, -0.25) is 4.79 Å². The Labute approximate surface area is 160 Å². The Morgan fingerprint density at radius 3 is 2.52 bits per heavy atom. The first-order chi connectivity index (χ1) is 13.0. The lowest BCUT2D eigenvalue weighted by atomic mass is 10.1. The summed E-state index contributed by atoms with van der Waals surface area (Å²) in [5, 5.41) is 14.0. The van der Waals surface area contributed by atoms with Crippen molar-refractivity contribution in [2.24, 2.45) is 0 Å². The van der Waals surface area contributed by atoms with Crippen molar-refractivity contribution < 1.29 is 13.9 Å². The van der Waals surface area contributed by atoms with Crippen LogP contribution in [-0.4, -0.2) is 23.2 Å². The highest BCUT2D eigenvalue weighted by Crippen LogP contribution is 2.28. The highest BCUT2D eigenvalue weighted by molar-refractivity contribution is 6.32. The number of nitrogens with one attached hydrogen (secondary N) is 2. The fraction of sp³-hybridized carbons (Fsp3) is 0.105. The van der Waals surface area contributed by atoms with Gasteiger partial charge in [0.15, 0.2) is 11.6 Å². The number of anilines is 3. The van der Waals surface area contributed by atoms with Crippen LogP contribution in [0.1, 0.15) is 5.56 Å². The number of carbonyl (C=O) groups excluding carboxylic acids is 1. The number of nitrogens with zero attached hydrogens (tertiary/aromatic N) is 2. The molecule has 0 fully saturated rings. The van der Waals surface area contributed by atoms with Crippen molar-refractivity contribution >= 4 is 34.8 Å². The lowest BCUT2D eigenvalue weighted by molar-refractivity contribution is -0.115. The van der Waals surface area contributed by atoms with Crippen molar-refractivity contribution in [3.8, 4) is 5.75 Å². The molecule has 3 aromatic rings. The van der Waals surface area contributed by atoms with Gasteiger partial charge in [-0.1, -0.05) is 29.8 Å². The monoisotopic (exact) mass is 386 g/mol. The second kappa shape index (κ2) is 8.46.